The highest BCUT2D eigenvalue weighted by Gasteiger charge is 2.30. The standard InChI is InChI=1S/C13H18N2O3/c1-13(6-7-18-8-13)15-10-5-3-4-9(11(10)14)12(16)17-2/h3-5,15H,6-8,14H2,1-2H3. The number of nitrogens with two attached hydrogens (primary N) is 1. The number of anilines is 2. The molecule has 5 heteroatoms. The molecule has 1 heterocycles. The molecule has 1 fully saturated rings. The van der Waals surface area contributed by atoms with Gasteiger partial charge >= 0.3 is 5.97 Å². The molecule has 98 valence electrons. The van der Waals surface area contributed by atoms with Crippen LogP contribution in [0.25, 0.3) is 0 Å². The number of nitrogens with one attached hydrogen (secondary N) is 1. The number of methoxy groups -OCH3 is 1. The van der Waals surface area contributed by atoms with Gasteiger partial charge in [-0.1, -0.05) is 6.07 Å². The summed E-state index contributed by atoms with van der Waals surface area (Å²) in [4.78, 5) is 11.5. The van der Waals surface area contributed by atoms with E-state index in [2.05, 4.69) is 12.2 Å². The molecule has 1 aliphatic rings. The lowest BCUT2D eigenvalue weighted by Crippen LogP contribution is -2.35. The first-order valence-electron chi connectivity index (χ1n) is 5.88. The number of carbonyl (C=O) groups excluding carboxylic acids is 1. The number of rotatable bonds is 3. The molecule has 0 aliphatic carbocycles. The Bertz CT molecular complexity index is 454. The van der Waals surface area contributed by atoms with Crippen LogP contribution >= 0.6 is 0 Å². The van der Waals surface area contributed by atoms with Crippen LogP contribution in [0.4, 0.5) is 11.4 Å². The van der Waals surface area contributed by atoms with Gasteiger partial charge in [0.2, 0.25) is 0 Å². The van der Waals surface area contributed by atoms with Crippen molar-refractivity contribution in [3.8, 4) is 0 Å². The van der Waals surface area contributed by atoms with Gasteiger partial charge in [-0.3, -0.25) is 0 Å². The number of carbonyl (C=O) groups is 1. The molecular formula is C13H18N2O3. The minimum atomic E-state index is -0.427. The van der Waals surface area contributed by atoms with E-state index in [0.717, 1.165) is 18.7 Å². The van der Waals surface area contributed by atoms with E-state index in [1.165, 1.54) is 7.11 Å². The molecule has 18 heavy (non-hydrogen) atoms. The summed E-state index contributed by atoms with van der Waals surface area (Å²) in [6.07, 6.45) is 0.912. The van der Waals surface area contributed by atoms with Crippen molar-refractivity contribution in [1.29, 1.82) is 0 Å². The molecule has 0 spiro atoms. The van der Waals surface area contributed by atoms with E-state index in [1.807, 2.05) is 6.07 Å². The van der Waals surface area contributed by atoms with Crippen molar-refractivity contribution < 1.29 is 14.3 Å². The number of ether oxygens (including phenoxy) is 2. The summed E-state index contributed by atoms with van der Waals surface area (Å²) in [6.45, 7) is 3.44. The lowest BCUT2D eigenvalue weighted by Gasteiger charge is -2.26. The van der Waals surface area contributed by atoms with Crippen molar-refractivity contribution >= 4 is 17.3 Å². The van der Waals surface area contributed by atoms with Gasteiger partial charge in [0.25, 0.3) is 0 Å². The van der Waals surface area contributed by atoms with Crippen molar-refractivity contribution in [3.63, 3.8) is 0 Å². The van der Waals surface area contributed by atoms with Crippen molar-refractivity contribution in [2.75, 3.05) is 31.4 Å². The molecule has 1 saturated heterocycles. The lowest BCUT2D eigenvalue weighted by molar-refractivity contribution is 0.0602. The Balaban J connectivity index is 2.26. The fourth-order valence-electron chi connectivity index (χ4n) is 2.05. The summed E-state index contributed by atoms with van der Waals surface area (Å²) >= 11 is 0. The minimum Gasteiger partial charge on any atom is -0.465 e. The predicted molar refractivity (Wildman–Crippen MR) is 69.7 cm³/mol. The van der Waals surface area contributed by atoms with Gasteiger partial charge in [-0.2, -0.15) is 0 Å². The zero-order chi connectivity index (χ0) is 13.2. The molecule has 1 aromatic rings. The van der Waals surface area contributed by atoms with Crippen LogP contribution in [-0.2, 0) is 9.47 Å². The molecule has 0 bridgehead atoms. The van der Waals surface area contributed by atoms with E-state index in [9.17, 15) is 4.79 Å². The van der Waals surface area contributed by atoms with Crippen LogP contribution < -0.4 is 11.1 Å². The fourth-order valence-corrected chi connectivity index (χ4v) is 2.05. The molecule has 2 rings (SSSR count). The fraction of sp³-hybridized carbons (Fsp3) is 0.462. The van der Waals surface area contributed by atoms with Crippen LogP contribution in [0.2, 0.25) is 0 Å². The predicted octanol–water partition coefficient (Wildman–Crippen LogP) is 1.65. The SMILES string of the molecule is COC(=O)c1cccc(NC2(C)CCOC2)c1N. The molecule has 5 nitrogen and oxygen atoms in total. The van der Waals surface area contributed by atoms with Crippen LogP contribution in [0.5, 0.6) is 0 Å². The Morgan fingerprint density at radius 3 is 2.94 bits per heavy atom. The number of hydrogen-bond donors (Lipinski definition) is 2. The van der Waals surface area contributed by atoms with Crippen molar-refractivity contribution in [2.24, 2.45) is 0 Å². The van der Waals surface area contributed by atoms with Crippen molar-refractivity contribution in [1.82, 2.24) is 0 Å². The average molecular weight is 250 g/mol. The van der Waals surface area contributed by atoms with Gasteiger partial charge in [-0.25, -0.2) is 4.79 Å². The topological polar surface area (TPSA) is 73.6 Å². The number of nitrogen functional groups attached to an aromatic ring is 1. The molecule has 0 aromatic heterocycles. The largest absolute Gasteiger partial charge is 0.465 e. The first-order valence-corrected chi connectivity index (χ1v) is 5.88. The number of benzene rings is 1. The minimum absolute atomic E-state index is 0.136. The molecule has 0 radical (unpaired) electrons. The maximum absolute atomic E-state index is 11.5. The second-order valence-corrected chi connectivity index (χ2v) is 4.75. The first kappa shape index (κ1) is 12.7. The highest BCUT2D eigenvalue weighted by molar-refractivity contribution is 5.98. The summed E-state index contributed by atoms with van der Waals surface area (Å²) in [5.74, 6) is -0.427. The van der Waals surface area contributed by atoms with Crippen LogP contribution in [0, 0.1) is 0 Å². The summed E-state index contributed by atoms with van der Waals surface area (Å²) < 4.78 is 10.1. The zero-order valence-corrected chi connectivity index (χ0v) is 10.7. The van der Waals surface area contributed by atoms with E-state index in [-0.39, 0.29) is 5.54 Å². The molecule has 3 N–H and O–H groups in total. The molecular weight excluding hydrogens is 232 g/mol. The molecule has 0 amide bonds. The number of hydrogen-bond acceptors (Lipinski definition) is 5. The molecule has 0 saturated carbocycles. The Morgan fingerprint density at radius 2 is 2.33 bits per heavy atom. The van der Waals surface area contributed by atoms with E-state index in [0.29, 0.717) is 17.9 Å². The van der Waals surface area contributed by atoms with E-state index < -0.39 is 5.97 Å². The first-order chi connectivity index (χ1) is 8.56. The van der Waals surface area contributed by atoms with E-state index >= 15 is 0 Å². The van der Waals surface area contributed by atoms with Gasteiger partial charge in [0.05, 0.1) is 36.2 Å². The van der Waals surface area contributed by atoms with E-state index in [1.54, 1.807) is 12.1 Å². The average Bonchev–Trinajstić information content (AvgIpc) is 2.78. The molecule has 1 aliphatic heterocycles. The third kappa shape index (κ3) is 2.41. The summed E-state index contributed by atoms with van der Waals surface area (Å²) in [7, 11) is 1.34. The number of para-hydroxylation sites is 1. The summed E-state index contributed by atoms with van der Waals surface area (Å²) in [5.41, 5.74) is 7.39. The Kier molecular flexibility index (Phi) is 3.43. The van der Waals surface area contributed by atoms with Crippen LogP contribution in [0.1, 0.15) is 23.7 Å². The molecule has 1 unspecified atom stereocenters. The van der Waals surface area contributed by atoms with E-state index in [4.69, 9.17) is 15.2 Å². The zero-order valence-electron chi connectivity index (χ0n) is 10.7. The van der Waals surface area contributed by atoms with Crippen LogP contribution in [0.15, 0.2) is 18.2 Å². The quantitative estimate of drug-likeness (QED) is 0.630. The maximum atomic E-state index is 11.5. The van der Waals surface area contributed by atoms with Gasteiger partial charge in [0.15, 0.2) is 0 Å². The van der Waals surface area contributed by atoms with Gasteiger partial charge < -0.3 is 20.5 Å². The van der Waals surface area contributed by atoms with Crippen molar-refractivity contribution in [3.05, 3.63) is 23.8 Å². The van der Waals surface area contributed by atoms with Crippen LogP contribution in [-0.4, -0.2) is 31.8 Å². The second kappa shape index (κ2) is 4.86. The highest BCUT2D eigenvalue weighted by Crippen LogP contribution is 2.29. The Hall–Kier alpha value is -1.75. The molecule has 1 atom stereocenters. The highest BCUT2D eigenvalue weighted by atomic mass is 16.5. The van der Waals surface area contributed by atoms with Gasteiger partial charge in [0, 0.05) is 6.61 Å². The smallest absolute Gasteiger partial charge is 0.340 e. The summed E-state index contributed by atoms with van der Waals surface area (Å²) in [5, 5.41) is 3.35. The number of esters is 1. The van der Waals surface area contributed by atoms with Crippen LogP contribution in [0.3, 0.4) is 0 Å². The third-order valence-corrected chi connectivity index (χ3v) is 3.17. The van der Waals surface area contributed by atoms with Gasteiger partial charge in [-0.05, 0) is 25.5 Å². The van der Waals surface area contributed by atoms with Crippen molar-refractivity contribution in [2.45, 2.75) is 18.9 Å². The Labute approximate surface area is 106 Å². The summed E-state index contributed by atoms with van der Waals surface area (Å²) in [6, 6.07) is 5.29. The maximum Gasteiger partial charge on any atom is 0.340 e. The lowest BCUT2D eigenvalue weighted by atomic mass is 10.0. The third-order valence-electron chi connectivity index (χ3n) is 3.17. The normalized spacial score (nSPS) is 22.8. The molecule has 1 aromatic carbocycles. The van der Waals surface area contributed by atoms with Gasteiger partial charge in [-0.15, -0.1) is 0 Å². The Morgan fingerprint density at radius 1 is 1.56 bits per heavy atom. The monoisotopic (exact) mass is 250 g/mol. The van der Waals surface area contributed by atoms with Gasteiger partial charge in [0.1, 0.15) is 0 Å². The second-order valence-electron chi connectivity index (χ2n) is 4.75.